The second-order valence-corrected chi connectivity index (χ2v) is 4.46. The molecular weight excluding hydrogens is 263 g/mol. The van der Waals surface area contributed by atoms with Gasteiger partial charge in [0.15, 0.2) is 12.2 Å². The lowest BCUT2D eigenvalue weighted by atomic mass is 9.98. The van der Waals surface area contributed by atoms with Gasteiger partial charge < -0.3 is 14.0 Å². The highest BCUT2D eigenvalue weighted by Crippen LogP contribution is 2.34. The minimum Gasteiger partial charge on any atom is -0.560 e. The van der Waals surface area contributed by atoms with Gasteiger partial charge >= 0.3 is 14.1 Å². The first-order chi connectivity index (χ1) is 9.72. The molecule has 0 aliphatic carbocycles. The second-order valence-electron chi connectivity index (χ2n) is 4.46. The zero-order valence-electron chi connectivity index (χ0n) is 10.4. The van der Waals surface area contributed by atoms with Gasteiger partial charge in [0.1, 0.15) is 12.4 Å². The molecule has 1 saturated heterocycles. The van der Waals surface area contributed by atoms with Crippen molar-refractivity contribution >= 4 is 26.1 Å². The van der Waals surface area contributed by atoms with E-state index in [9.17, 15) is 10.0 Å². The van der Waals surface area contributed by atoms with E-state index in [0.29, 0.717) is 22.9 Å². The van der Waals surface area contributed by atoms with Gasteiger partial charge in [0.2, 0.25) is 0 Å². The van der Waals surface area contributed by atoms with Gasteiger partial charge in [-0.2, -0.15) is 5.06 Å². The van der Waals surface area contributed by atoms with E-state index < -0.39 is 12.1 Å². The molecule has 1 N–H and O–H groups in total. The Bertz CT molecular complexity index is 559. The van der Waals surface area contributed by atoms with Crippen LogP contribution in [0.3, 0.4) is 0 Å². The van der Waals surface area contributed by atoms with Crippen LogP contribution in [0, 0.1) is 0 Å². The average Bonchev–Trinajstić information content (AvgIpc) is 3.06. The van der Waals surface area contributed by atoms with Crippen LogP contribution < -0.4 is 0 Å². The van der Waals surface area contributed by atoms with E-state index in [1.165, 1.54) is 11.3 Å². The number of hydrogen-bond donors (Lipinski definition) is 1. The number of rotatable bonds is 4. The smallest absolute Gasteiger partial charge is 0.375 e. The molecule has 0 spiro atoms. The Hall–Kier alpha value is -2.29. The molecule has 0 aromatic carbocycles. The molecule has 2 atom stereocenters. The van der Waals surface area contributed by atoms with E-state index in [1.54, 1.807) is 6.20 Å². The fourth-order valence-electron chi connectivity index (χ4n) is 2.47. The van der Waals surface area contributed by atoms with E-state index in [2.05, 4.69) is 14.6 Å². The Morgan fingerprint density at radius 2 is 2.55 bits per heavy atom. The summed E-state index contributed by atoms with van der Waals surface area (Å²) in [5, 5.41) is 10.6. The molecule has 9 heteroatoms. The second kappa shape index (κ2) is 5.01. The van der Waals surface area contributed by atoms with Crippen LogP contribution in [0.15, 0.2) is 28.1 Å². The minimum atomic E-state index is -0.463. The van der Waals surface area contributed by atoms with Gasteiger partial charge in [-0.3, -0.25) is 10.2 Å². The summed E-state index contributed by atoms with van der Waals surface area (Å²) in [6.07, 6.45) is 5.78. The Kier molecular flexibility index (Phi) is 3.19. The third-order valence-corrected chi connectivity index (χ3v) is 3.38. The maximum Gasteiger partial charge on any atom is 0.375 e. The fraction of sp³-hybridized carbons (Fsp3) is 0.364. The number of hydrogen-bond acceptors (Lipinski definition) is 6. The van der Waals surface area contributed by atoms with Crippen molar-refractivity contribution in [2.75, 3.05) is 13.1 Å². The van der Waals surface area contributed by atoms with Crippen LogP contribution in [-0.2, 0) is 4.65 Å². The molecule has 2 radical (unpaired) electrons. The Balaban J connectivity index is 1.92. The van der Waals surface area contributed by atoms with Gasteiger partial charge in [0, 0.05) is 5.57 Å². The number of hydroxylamine groups is 2. The van der Waals surface area contributed by atoms with Crippen LogP contribution in [0.1, 0.15) is 5.76 Å². The standard InChI is InChI=1S/C11H11BN4O4/c12-20-6-13-2-7-1-8(10-3-14-5-19-10)9-4-15(7)11(17)16(9)18/h1,3,5-7,9,18H,2,4H2/t7-,9-/m0/s1. The topological polar surface area (TPSA) is 91.4 Å². The maximum absolute atomic E-state index is 12.0. The molecule has 1 aromatic heterocycles. The first kappa shape index (κ1) is 12.7. The van der Waals surface area contributed by atoms with Crippen LogP contribution in [-0.4, -0.2) is 65.8 Å². The number of nitrogens with zero attached hydrogens (tertiary/aromatic N) is 4. The molecule has 2 amide bonds. The minimum absolute atomic E-state index is 0.279. The average molecular weight is 274 g/mol. The first-order valence-corrected chi connectivity index (χ1v) is 5.95. The highest BCUT2D eigenvalue weighted by Gasteiger charge is 2.46. The van der Waals surface area contributed by atoms with E-state index in [1.807, 2.05) is 6.08 Å². The van der Waals surface area contributed by atoms with Crippen molar-refractivity contribution in [3.05, 3.63) is 24.4 Å². The molecule has 2 bridgehead atoms. The Morgan fingerprint density at radius 1 is 1.70 bits per heavy atom. The molecule has 102 valence electrons. The van der Waals surface area contributed by atoms with Crippen LogP contribution >= 0.6 is 0 Å². The molecule has 20 heavy (non-hydrogen) atoms. The monoisotopic (exact) mass is 274 g/mol. The van der Waals surface area contributed by atoms with Crippen molar-refractivity contribution in [2.24, 2.45) is 4.99 Å². The highest BCUT2D eigenvalue weighted by atomic mass is 16.5. The molecule has 8 nitrogen and oxygen atoms in total. The zero-order valence-corrected chi connectivity index (χ0v) is 10.4. The van der Waals surface area contributed by atoms with E-state index in [-0.39, 0.29) is 12.6 Å². The van der Waals surface area contributed by atoms with Crippen molar-refractivity contribution in [1.82, 2.24) is 14.9 Å². The summed E-state index contributed by atoms with van der Waals surface area (Å²) >= 11 is 0. The first-order valence-electron chi connectivity index (χ1n) is 5.95. The predicted molar refractivity (Wildman–Crippen MR) is 68.0 cm³/mol. The largest absolute Gasteiger partial charge is 0.560 e. The van der Waals surface area contributed by atoms with E-state index >= 15 is 0 Å². The zero-order chi connectivity index (χ0) is 14.1. The van der Waals surface area contributed by atoms with Gasteiger partial charge in [-0.25, -0.2) is 9.78 Å². The van der Waals surface area contributed by atoms with Gasteiger partial charge in [-0.1, -0.05) is 6.08 Å². The number of oxazole rings is 1. The Labute approximate surface area is 115 Å². The fourth-order valence-corrected chi connectivity index (χ4v) is 2.47. The number of aliphatic imine (C=N–C) groups is 1. The predicted octanol–water partition coefficient (Wildman–Crippen LogP) is 0.0640. The van der Waals surface area contributed by atoms with Crippen LogP contribution in [0.5, 0.6) is 0 Å². The van der Waals surface area contributed by atoms with E-state index in [0.717, 1.165) is 6.40 Å². The summed E-state index contributed by atoms with van der Waals surface area (Å²) in [5.74, 6) is 0.521. The molecule has 0 unspecified atom stereocenters. The molecule has 3 rings (SSSR count). The number of urea groups is 1. The maximum atomic E-state index is 12.0. The Morgan fingerprint density at radius 3 is 3.25 bits per heavy atom. The summed E-state index contributed by atoms with van der Waals surface area (Å²) < 4.78 is 9.51. The van der Waals surface area contributed by atoms with Crippen molar-refractivity contribution in [1.29, 1.82) is 0 Å². The normalized spacial score (nSPS) is 25.4. The van der Waals surface area contributed by atoms with E-state index in [4.69, 9.17) is 12.5 Å². The summed E-state index contributed by atoms with van der Waals surface area (Å²) in [7, 11) is 4.86. The third-order valence-electron chi connectivity index (χ3n) is 3.38. The molecule has 1 aromatic rings. The van der Waals surface area contributed by atoms with Gasteiger partial charge in [0.25, 0.3) is 0 Å². The number of carbonyl (C=O) groups is 1. The summed E-state index contributed by atoms with van der Waals surface area (Å²) in [5.41, 5.74) is 0.709. The lowest BCUT2D eigenvalue weighted by Crippen LogP contribution is -2.40. The molecule has 2 aliphatic rings. The van der Waals surface area contributed by atoms with Crippen molar-refractivity contribution < 1.29 is 19.1 Å². The van der Waals surface area contributed by atoms with Gasteiger partial charge in [-0.15, -0.1) is 0 Å². The summed E-state index contributed by atoms with van der Waals surface area (Å²) in [4.78, 5) is 21.3. The van der Waals surface area contributed by atoms with Crippen LogP contribution in [0.4, 0.5) is 4.79 Å². The van der Waals surface area contributed by atoms with Gasteiger partial charge in [-0.05, 0) is 0 Å². The third kappa shape index (κ3) is 1.96. The van der Waals surface area contributed by atoms with Crippen LogP contribution in [0.2, 0.25) is 0 Å². The lowest BCUT2D eigenvalue weighted by molar-refractivity contribution is -0.0431. The van der Waals surface area contributed by atoms with Gasteiger partial charge in [0.05, 0.1) is 25.3 Å². The number of amides is 2. The summed E-state index contributed by atoms with van der Waals surface area (Å²) in [6.45, 7) is 0.646. The number of carbonyl (C=O) groups excluding carboxylic acids is 1. The molecule has 3 heterocycles. The molecule has 2 aliphatic heterocycles. The number of fused-ring (bicyclic) bond motifs is 2. The molecule has 0 saturated carbocycles. The molecule has 1 fully saturated rings. The van der Waals surface area contributed by atoms with Crippen molar-refractivity contribution in [3.8, 4) is 0 Å². The van der Waals surface area contributed by atoms with Crippen molar-refractivity contribution in [3.63, 3.8) is 0 Å². The van der Waals surface area contributed by atoms with Crippen molar-refractivity contribution in [2.45, 2.75) is 12.1 Å². The lowest BCUT2D eigenvalue weighted by Gasteiger charge is -2.27. The SMILES string of the molecule is [B]OC=NC[C@@H]1C=C(c2cnco2)[C@@H]2CN1C(=O)N2O. The summed E-state index contributed by atoms with van der Waals surface area (Å²) in [6, 6.07) is -1.22. The molecular formula is C11H11BN4O4. The van der Waals surface area contributed by atoms with Crippen LogP contribution in [0.25, 0.3) is 5.57 Å². The number of aromatic nitrogens is 1. The quantitative estimate of drug-likeness (QED) is 0.363. The highest BCUT2D eigenvalue weighted by molar-refractivity contribution is 6.02.